The third-order valence-electron chi connectivity index (χ3n) is 3.41. The monoisotopic (exact) mass is 322 g/mol. The average molecular weight is 323 g/mol. The predicted molar refractivity (Wildman–Crippen MR) is 86.0 cm³/mol. The zero-order chi connectivity index (χ0) is 15.2. The molecule has 0 fully saturated rings. The Hall–Kier alpha value is -1.51. The zero-order valence-electron chi connectivity index (χ0n) is 11.7. The molecule has 4 heteroatoms. The van der Waals surface area contributed by atoms with Crippen molar-refractivity contribution in [3.63, 3.8) is 0 Å². The number of hydrogen-bond donors (Lipinski definition) is 0. The lowest BCUT2D eigenvalue weighted by Crippen LogP contribution is -2.07. The second-order valence-corrected chi connectivity index (χ2v) is 5.57. The summed E-state index contributed by atoms with van der Waals surface area (Å²) in [6.07, 6.45) is 1.02. The highest BCUT2D eigenvalue weighted by Crippen LogP contribution is 2.33. The molecular formula is C17H16Cl2O2. The number of ether oxygens (including phenoxy) is 1. The molecule has 0 N–H and O–H groups in total. The highest BCUT2D eigenvalue weighted by Gasteiger charge is 2.17. The molecule has 2 aromatic carbocycles. The third kappa shape index (κ3) is 4.23. The molecule has 2 nitrogen and oxygen atoms in total. The van der Waals surface area contributed by atoms with Gasteiger partial charge in [-0.2, -0.15) is 0 Å². The van der Waals surface area contributed by atoms with Gasteiger partial charge in [-0.15, -0.1) is 0 Å². The Kier molecular flexibility index (Phi) is 5.66. The Balaban J connectivity index is 2.31. The molecule has 0 aromatic heterocycles. The minimum Gasteiger partial charge on any atom is -0.469 e. The van der Waals surface area contributed by atoms with E-state index in [-0.39, 0.29) is 11.9 Å². The van der Waals surface area contributed by atoms with E-state index in [2.05, 4.69) is 0 Å². The molecular weight excluding hydrogens is 307 g/mol. The number of esters is 1. The maximum Gasteiger partial charge on any atom is 0.305 e. The fourth-order valence-electron chi connectivity index (χ4n) is 2.30. The van der Waals surface area contributed by atoms with Gasteiger partial charge in [0.1, 0.15) is 0 Å². The lowest BCUT2D eigenvalue weighted by molar-refractivity contribution is -0.140. The van der Waals surface area contributed by atoms with Crippen LogP contribution in [0.4, 0.5) is 0 Å². The van der Waals surface area contributed by atoms with Crippen LogP contribution in [-0.4, -0.2) is 13.1 Å². The van der Waals surface area contributed by atoms with E-state index in [0.717, 1.165) is 11.1 Å². The van der Waals surface area contributed by atoms with Crippen LogP contribution in [0.1, 0.15) is 29.9 Å². The van der Waals surface area contributed by atoms with Crippen LogP contribution in [0.3, 0.4) is 0 Å². The lowest BCUT2D eigenvalue weighted by Gasteiger charge is -2.18. The fraction of sp³-hybridized carbons (Fsp3) is 0.235. The molecule has 0 amide bonds. The quantitative estimate of drug-likeness (QED) is 0.717. The zero-order valence-corrected chi connectivity index (χ0v) is 13.2. The molecule has 2 aromatic rings. The van der Waals surface area contributed by atoms with Crippen LogP contribution in [0.2, 0.25) is 10.0 Å². The number of hydrogen-bond acceptors (Lipinski definition) is 2. The first-order valence-electron chi connectivity index (χ1n) is 6.68. The summed E-state index contributed by atoms with van der Waals surface area (Å²) in [5, 5.41) is 1.05. The highest BCUT2D eigenvalue weighted by atomic mass is 35.5. The molecule has 21 heavy (non-hydrogen) atoms. The van der Waals surface area contributed by atoms with Crippen LogP contribution in [0.15, 0.2) is 48.5 Å². The minimum atomic E-state index is -0.212. The molecule has 2 rings (SSSR count). The van der Waals surface area contributed by atoms with E-state index in [1.807, 2.05) is 42.5 Å². The Labute approximate surface area is 134 Å². The van der Waals surface area contributed by atoms with E-state index < -0.39 is 0 Å². The van der Waals surface area contributed by atoms with Gasteiger partial charge in [-0.3, -0.25) is 4.79 Å². The van der Waals surface area contributed by atoms with Crippen LogP contribution < -0.4 is 0 Å². The van der Waals surface area contributed by atoms with Crippen molar-refractivity contribution in [1.29, 1.82) is 0 Å². The first kappa shape index (κ1) is 15.9. The Morgan fingerprint density at radius 3 is 2.38 bits per heavy atom. The van der Waals surface area contributed by atoms with Crippen molar-refractivity contribution in [2.45, 2.75) is 18.8 Å². The van der Waals surface area contributed by atoms with E-state index in [9.17, 15) is 4.79 Å². The van der Waals surface area contributed by atoms with Crippen molar-refractivity contribution in [1.82, 2.24) is 0 Å². The molecule has 0 heterocycles. The van der Waals surface area contributed by atoms with Crippen molar-refractivity contribution in [3.05, 3.63) is 69.7 Å². The van der Waals surface area contributed by atoms with E-state index in [1.165, 1.54) is 7.11 Å². The number of carbonyl (C=O) groups excluding carboxylic acids is 1. The molecule has 0 aliphatic carbocycles. The number of carbonyl (C=O) groups is 1. The van der Waals surface area contributed by atoms with E-state index in [1.54, 1.807) is 6.07 Å². The maximum absolute atomic E-state index is 11.4. The Morgan fingerprint density at radius 1 is 1.05 bits per heavy atom. The summed E-state index contributed by atoms with van der Waals surface area (Å²) in [4.78, 5) is 11.4. The van der Waals surface area contributed by atoms with Gasteiger partial charge in [0.25, 0.3) is 0 Å². The normalized spacial score (nSPS) is 12.0. The van der Waals surface area contributed by atoms with E-state index in [4.69, 9.17) is 27.9 Å². The summed E-state index contributed by atoms with van der Waals surface area (Å²) in [7, 11) is 1.40. The van der Waals surface area contributed by atoms with Gasteiger partial charge in [-0.05, 0) is 29.7 Å². The number of methoxy groups -OCH3 is 1. The first-order chi connectivity index (χ1) is 10.1. The summed E-state index contributed by atoms with van der Waals surface area (Å²) < 4.78 is 4.73. The molecule has 0 bridgehead atoms. The van der Waals surface area contributed by atoms with E-state index in [0.29, 0.717) is 22.9 Å². The van der Waals surface area contributed by atoms with E-state index >= 15 is 0 Å². The minimum absolute atomic E-state index is 0.0834. The van der Waals surface area contributed by atoms with Gasteiger partial charge < -0.3 is 4.74 Å². The van der Waals surface area contributed by atoms with Gasteiger partial charge >= 0.3 is 5.97 Å². The predicted octanol–water partition coefficient (Wildman–Crippen LogP) is 5.08. The standard InChI is InChI=1S/C17H16Cl2O2/c1-21-17(20)10-8-14(12-5-3-2-4-6-12)13-7-9-15(18)16(19)11-13/h2-7,9,11,14H,8,10H2,1H3/t14-/m1/s1. The summed E-state index contributed by atoms with van der Waals surface area (Å²) in [5.74, 6) is -0.129. The Morgan fingerprint density at radius 2 is 1.76 bits per heavy atom. The summed E-state index contributed by atoms with van der Waals surface area (Å²) in [5.41, 5.74) is 2.18. The van der Waals surface area contributed by atoms with Crippen molar-refractivity contribution >= 4 is 29.2 Å². The molecule has 0 radical (unpaired) electrons. The van der Waals surface area contributed by atoms with Crippen molar-refractivity contribution in [2.24, 2.45) is 0 Å². The molecule has 0 saturated heterocycles. The summed E-state index contributed by atoms with van der Waals surface area (Å²) in [6.45, 7) is 0. The number of benzene rings is 2. The lowest BCUT2D eigenvalue weighted by atomic mass is 9.87. The van der Waals surface area contributed by atoms with Gasteiger partial charge in [-0.1, -0.05) is 59.6 Å². The largest absolute Gasteiger partial charge is 0.469 e. The summed E-state index contributed by atoms with van der Waals surface area (Å²) >= 11 is 12.1. The smallest absolute Gasteiger partial charge is 0.305 e. The second kappa shape index (κ2) is 7.48. The topological polar surface area (TPSA) is 26.3 Å². The average Bonchev–Trinajstić information content (AvgIpc) is 2.51. The highest BCUT2D eigenvalue weighted by molar-refractivity contribution is 6.42. The number of rotatable bonds is 5. The molecule has 0 saturated carbocycles. The van der Waals surface area contributed by atoms with Crippen molar-refractivity contribution < 1.29 is 9.53 Å². The molecule has 0 unspecified atom stereocenters. The van der Waals surface area contributed by atoms with Gasteiger partial charge in [-0.25, -0.2) is 0 Å². The van der Waals surface area contributed by atoms with Crippen LogP contribution in [0, 0.1) is 0 Å². The van der Waals surface area contributed by atoms with Gasteiger partial charge in [0, 0.05) is 12.3 Å². The van der Waals surface area contributed by atoms with Crippen LogP contribution in [-0.2, 0) is 9.53 Å². The van der Waals surface area contributed by atoms with Crippen LogP contribution in [0.25, 0.3) is 0 Å². The van der Waals surface area contributed by atoms with Gasteiger partial charge in [0.15, 0.2) is 0 Å². The van der Waals surface area contributed by atoms with Crippen LogP contribution >= 0.6 is 23.2 Å². The maximum atomic E-state index is 11.4. The van der Waals surface area contributed by atoms with Gasteiger partial charge in [0.05, 0.1) is 17.2 Å². The van der Waals surface area contributed by atoms with Crippen molar-refractivity contribution in [3.8, 4) is 0 Å². The molecule has 1 atom stereocenters. The molecule has 110 valence electrons. The fourth-order valence-corrected chi connectivity index (χ4v) is 2.61. The molecule has 0 aliphatic rings. The molecule has 0 aliphatic heterocycles. The van der Waals surface area contributed by atoms with Gasteiger partial charge in [0.2, 0.25) is 0 Å². The Bertz CT molecular complexity index is 611. The SMILES string of the molecule is COC(=O)CC[C@H](c1ccccc1)c1ccc(Cl)c(Cl)c1. The van der Waals surface area contributed by atoms with Crippen LogP contribution in [0.5, 0.6) is 0 Å². The number of halogens is 2. The molecule has 0 spiro atoms. The second-order valence-electron chi connectivity index (χ2n) is 4.75. The first-order valence-corrected chi connectivity index (χ1v) is 7.44. The third-order valence-corrected chi connectivity index (χ3v) is 4.15. The summed E-state index contributed by atoms with van der Waals surface area (Å²) in [6, 6.07) is 15.6. The van der Waals surface area contributed by atoms with Crippen molar-refractivity contribution in [2.75, 3.05) is 7.11 Å².